The SMILES string of the molecule is [C-]#[N+]c1ccc(C[C@H](Nc2nc(Nc3cccc(CN4CCN(C(=O)OC(C)(C)C)CC4)c3)nc(N(C)CCc3nc4ccc(OC)cc4[nH]3)n2)C(=O)OC)cc1. The highest BCUT2D eigenvalue weighted by Crippen LogP contribution is 2.23. The lowest BCUT2D eigenvalue weighted by molar-refractivity contribution is -0.141. The number of carbonyl (C=O) groups excluding carboxylic acids is 2. The number of hydrogen-bond acceptors (Lipinski definition) is 13. The molecule has 1 aliphatic heterocycles. The molecule has 2 aromatic heterocycles. The lowest BCUT2D eigenvalue weighted by atomic mass is 10.1. The minimum atomic E-state index is -0.825. The summed E-state index contributed by atoms with van der Waals surface area (Å²) in [6.45, 7) is 16.7. The minimum Gasteiger partial charge on any atom is -0.497 e. The Morgan fingerprint density at radius 2 is 1.70 bits per heavy atom. The van der Waals surface area contributed by atoms with E-state index in [1.165, 1.54) is 7.11 Å². The number of carbonyl (C=O) groups is 2. The fourth-order valence-electron chi connectivity index (χ4n) is 6.30. The number of amides is 1. The lowest BCUT2D eigenvalue weighted by Crippen LogP contribution is -2.49. The van der Waals surface area contributed by atoms with Gasteiger partial charge in [0.2, 0.25) is 17.8 Å². The molecule has 1 amide bonds. The molecule has 3 heterocycles. The fraction of sp³-hybridized carbons (Fsp3) is 0.390. The Hall–Kier alpha value is -6.47. The molecule has 1 aliphatic rings. The molecule has 0 unspecified atom stereocenters. The predicted molar refractivity (Wildman–Crippen MR) is 218 cm³/mol. The summed E-state index contributed by atoms with van der Waals surface area (Å²) in [6, 6.07) is 19.9. The summed E-state index contributed by atoms with van der Waals surface area (Å²) >= 11 is 0. The molecular weight excluding hydrogens is 727 g/mol. The van der Waals surface area contributed by atoms with Crippen LogP contribution in [0.25, 0.3) is 15.9 Å². The van der Waals surface area contributed by atoms with Crippen LogP contribution in [-0.4, -0.2) is 112 Å². The molecule has 1 fully saturated rings. The molecule has 1 atom stereocenters. The van der Waals surface area contributed by atoms with Crippen molar-refractivity contribution in [1.29, 1.82) is 0 Å². The number of aromatic amines is 1. The van der Waals surface area contributed by atoms with Crippen LogP contribution >= 0.6 is 0 Å². The van der Waals surface area contributed by atoms with Gasteiger partial charge in [0.1, 0.15) is 23.2 Å². The number of H-pyrrole nitrogens is 1. The molecule has 0 radical (unpaired) electrons. The number of fused-ring (bicyclic) bond motifs is 1. The predicted octanol–water partition coefficient (Wildman–Crippen LogP) is 5.98. The van der Waals surface area contributed by atoms with Gasteiger partial charge in [0.05, 0.1) is 31.8 Å². The van der Waals surface area contributed by atoms with E-state index in [0.717, 1.165) is 52.5 Å². The summed E-state index contributed by atoms with van der Waals surface area (Å²) in [5.74, 6) is 1.88. The van der Waals surface area contributed by atoms with E-state index in [1.54, 1.807) is 24.1 Å². The zero-order valence-electron chi connectivity index (χ0n) is 33.2. The summed E-state index contributed by atoms with van der Waals surface area (Å²) in [5.41, 5.74) is 4.38. The molecular formula is C41H49N11O5. The van der Waals surface area contributed by atoms with Gasteiger partial charge in [-0.15, -0.1) is 0 Å². The van der Waals surface area contributed by atoms with E-state index < -0.39 is 17.6 Å². The molecule has 16 nitrogen and oxygen atoms in total. The molecule has 0 aliphatic carbocycles. The Balaban J connectivity index is 1.20. The Morgan fingerprint density at radius 3 is 2.40 bits per heavy atom. The van der Waals surface area contributed by atoms with Crippen LogP contribution in [-0.2, 0) is 33.7 Å². The third-order valence-electron chi connectivity index (χ3n) is 9.29. The van der Waals surface area contributed by atoms with Crippen molar-refractivity contribution in [3.8, 4) is 5.75 Å². The zero-order valence-corrected chi connectivity index (χ0v) is 33.2. The monoisotopic (exact) mass is 775 g/mol. The average molecular weight is 776 g/mol. The number of benzene rings is 3. The van der Waals surface area contributed by atoms with Crippen molar-refractivity contribution in [2.75, 3.05) is 69.5 Å². The summed E-state index contributed by atoms with van der Waals surface area (Å²) in [6.07, 6.45) is 0.563. The summed E-state index contributed by atoms with van der Waals surface area (Å²) in [4.78, 5) is 57.3. The van der Waals surface area contributed by atoms with Crippen molar-refractivity contribution < 1.29 is 23.8 Å². The zero-order chi connectivity index (χ0) is 40.5. The number of piperazine rings is 1. The third-order valence-corrected chi connectivity index (χ3v) is 9.29. The largest absolute Gasteiger partial charge is 0.497 e. The number of aromatic nitrogens is 5. The van der Waals surface area contributed by atoms with E-state index >= 15 is 0 Å². The number of hydrogen-bond donors (Lipinski definition) is 3. The van der Waals surface area contributed by atoms with Crippen molar-refractivity contribution in [3.05, 3.63) is 95.1 Å². The standard InChI is InChI=1S/C41H49N11O5/c1-41(2,3)57-40(54)52-21-19-51(20-22-52)26-28-9-8-10-30(23-28)43-37-47-38(46-34(36(53)56-7)24-27-11-13-29(42-4)14-12-27)49-39(48-37)50(5)18-17-35-44-32-16-15-31(55-6)25-33(32)45-35/h8-16,23,25,34H,17-22,24,26H2,1-3,5-7H3,(H,44,45)(H2,43,46,47,48,49)/t34-/m0/s1. The van der Waals surface area contributed by atoms with Gasteiger partial charge >= 0.3 is 12.1 Å². The van der Waals surface area contributed by atoms with E-state index in [4.69, 9.17) is 35.7 Å². The van der Waals surface area contributed by atoms with Crippen LogP contribution in [0.3, 0.4) is 0 Å². The normalized spacial score (nSPS) is 13.7. The van der Waals surface area contributed by atoms with Gasteiger partial charge in [0.25, 0.3) is 0 Å². The molecule has 6 rings (SSSR count). The van der Waals surface area contributed by atoms with Gasteiger partial charge in [-0.05, 0) is 56.2 Å². The molecule has 3 N–H and O–H groups in total. The fourth-order valence-corrected chi connectivity index (χ4v) is 6.30. The third kappa shape index (κ3) is 11.1. The number of anilines is 4. The number of nitrogens with zero attached hydrogens (tertiary/aromatic N) is 8. The molecule has 1 saturated heterocycles. The van der Waals surface area contributed by atoms with Gasteiger partial charge in [0, 0.05) is 70.9 Å². The van der Waals surface area contributed by atoms with Crippen molar-refractivity contribution in [3.63, 3.8) is 0 Å². The number of esters is 1. The first-order chi connectivity index (χ1) is 27.4. The van der Waals surface area contributed by atoms with E-state index in [2.05, 4.69) is 36.4 Å². The highest BCUT2D eigenvalue weighted by Gasteiger charge is 2.26. The number of methoxy groups -OCH3 is 2. The Kier molecular flexibility index (Phi) is 12.7. The Morgan fingerprint density at radius 1 is 0.947 bits per heavy atom. The second kappa shape index (κ2) is 18.0. The van der Waals surface area contributed by atoms with Crippen LogP contribution in [0.1, 0.15) is 37.7 Å². The Labute approximate surface area is 332 Å². The van der Waals surface area contributed by atoms with Gasteiger partial charge < -0.3 is 39.6 Å². The van der Waals surface area contributed by atoms with Crippen LogP contribution in [0.5, 0.6) is 5.75 Å². The summed E-state index contributed by atoms with van der Waals surface area (Å²) in [7, 11) is 4.85. The highest BCUT2D eigenvalue weighted by molar-refractivity contribution is 5.79. The maximum absolute atomic E-state index is 13.0. The number of rotatable bonds is 14. The van der Waals surface area contributed by atoms with Crippen LogP contribution in [0, 0.1) is 6.57 Å². The van der Waals surface area contributed by atoms with E-state index in [1.807, 2.05) is 81.2 Å². The van der Waals surface area contributed by atoms with E-state index in [9.17, 15) is 9.59 Å². The smallest absolute Gasteiger partial charge is 0.410 e. The van der Waals surface area contributed by atoms with Crippen molar-refractivity contribution in [2.45, 2.75) is 51.8 Å². The summed E-state index contributed by atoms with van der Waals surface area (Å²) < 4.78 is 16.1. The number of nitrogens with one attached hydrogen (secondary N) is 3. The van der Waals surface area contributed by atoms with Crippen LogP contribution < -0.4 is 20.3 Å². The number of ether oxygens (including phenoxy) is 3. The molecule has 0 spiro atoms. The van der Waals surface area contributed by atoms with E-state index in [-0.39, 0.29) is 24.4 Å². The second-order valence-corrected chi connectivity index (χ2v) is 14.8. The van der Waals surface area contributed by atoms with E-state index in [0.29, 0.717) is 44.2 Å². The molecule has 0 bridgehead atoms. The molecule has 16 heteroatoms. The topological polar surface area (TPSA) is 167 Å². The quantitative estimate of drug-likeness (QED) is 0.0892. The summed E-state index contributed by atoms with van der Waals surface area (Å²) in [5, 5.41) is 6.53. The van der Waals surface area contributed by atoms with Crippen LogP contribution in [0.2, 0.25) is 0 Å². The van der Waals surface area contributed by atoms with Crippen molar-refractivity contribution in [1.82, 2.24) is 34.7 Å². The van der Waals surface area contributed by atoms with Crippen LogP contribution in [0.15, 0.2) is 66.7 Å². The number of imidazole rings is 1. The Bertz CT molecular complexity index is 2210. The maximum atomic E-state index is 13.0. The first-order valence-electron chi connectivity index (χ1n) is 18.7. The van der Waals surface area contributed by atoms with Crippen molar-refractivity contribution in [2.24, 2.45) is 0 Å². The molecule has 5 aromatic rings. The van der Waals surface area contributed by atoms with Crippen molar-refractivity contribution >= 4 is 52.3 Å². The lowest BCUT2D eigenvalue weighted by Gasteiger charge is -2.35. The molecule has 0 saturated carbocycles. The van der Waals surface area contributed by atoms with Gasteiger partial charge in [-0.3, -0.25) is 4.90 Å². The highest BCUT2D eigenvalue weighted by atomic mass is 16.6. The molecule has 3 aromatic carbocycles. The first-order valence-corrected chi connectivity index (χ1v) is 18.7. The van der Waals surface area contributed by atoms with Gasteiger partial charge in [-0.25, -0.2) is 19.4 Å². The minimum absolute atomic E-state index is 0.178. The average Bonchev–Trinajstić information content (AvgIpc) is 3.61. The van der Waals surface area contributed by atoms with Gasteiger partial charge in [-0.1, -0.05) is 36.4 Å². The van der Waals surface area contributed by atoms with Gasteiger partial charge in [-0.2, -0.15) is 15.0 Å². The molecule has 57 heavy (non-hydrogen) atoms. The van der Waals surface area contributed by atoms with Gasteiger partial charge in [0.15, 0.2) is 5.69 Å². The molecule has 298 valence electrons. The second-order valence-electron chi connectivity index (χ2n) is 14.8. The first kappa shape index (κ1) is 40.2. The maximum Gasteiger partial charge on any atom is 0.410 e. The van der Waals surface area contributed by atoms with Crippen LogP contribution in [0.4, 0.5) is 34.0 Å². The number of likely N-dealkylation sites (N-methyl/N-ethyl adjacent to an activating group) is 1.